The van der Waals surface area contributed by atoms with E-state index in [0.717, 1.165) is 42.9 Å². The summed E-state index contributed by atoms with van der Waals surface area (Å²) in [6, 6.07) is 1.51. The third-order valence-corrected chi connectivity index (χ3v) is 3.52. The highest BCUT2D eigenvalue weighted by Gasteiger charge is 2.05. The Kier molecular flexibility index (Phi) is 6.67. The topological polar surface area (TPSA) is 59.3 Å². The molecule has 0 bridgehead atoms. The van der Waals surface area contributed by atoms with Crippen LogP contribution in [0.1, 0.15) is 26.0 Å². The molecule has 0 saturated carbocycles. The predicted molar refractivity (Wildman–Crippen MR) is 81.0 cm³/mol. The third kappa shape index (κ3) is 4.31. The van der Waals surface area contributed by atoms with E-state index in [1.54, 1.807) is 7.05 Å². The van der Waals surface area contributed by atoms with Gasteiger partial charge in [-0.05, 0) is 19.5 Å². The van der Waals surface area contributed by atoms with Gasteiger partial charge in [0.15, 0.2) is 0 Å². The van der Waals surface area contributed by atoms with Crippen molar-refractivity contribution in [3.05, 3.63) is 32.6 Å². The molecule has 1 aromatic rings. The molecule has 0 aromatic carbocycles. The van der Waals surface area contributed by atoms with Crippen LogP contribution in [0.2, 0.25) is 0 Å². The van der Waals surface area contributed by atoms with Crippen molar-refractivity contribution in [2.45, 2.75) is 26.8 Å². The quantitative estimate of drug-likeness (QED) is 0.677. The molecule has 0 radical (unpaired) electrons. The van der Waals surface area contributed by atoms with Crippen molar-refractivity contribution in [1.29, 1.82) is 0 Å². The average molecular weight is 282 g/mol. The van der Waals surface area contributed by atoms with Gasteiger partial charge in [0.25, 0.3) is 5.56 Å². The first-order valence-electron chi connectivity index (χ1n) is 7.20. The fourth-order valence-electron chi connectivity index (χ4n) is 2.15. The van der Waals surface area contributed by atoms with Gasteiger partial charge in [-0.1, -0.05) is 13.8 Å². The van der Waals surface area contributed by atoms with Crippen molar-refractivity contribution in [3.63, 3.8) is 0 Å². The molecule has 1 heterocycles. The van der Waals surface area contributed by atoms with Crippen molar-refractivity contribution in [1.82, 2.24) is 19.4 Å². The zero-order chi connectivity index (χ0) is 15.1. The molecule has 0 atom stereocenters. The van der Waals surface area contributed by atoms with Crippen LogP contribution in [0.4, 0.5) is 0 Å². The van der Waals surface area contributed by atoms with Crippen LogP contribution in [0.15, 0.2) is 15.7 Å². The second kappa shape index (κ2) is 8.01. The minimum absolute atomic E-state index is 0.258. The summed E-state index contributed by atoms with van der Waals surface area (Å²) in [5, 5.41) is 3.29. The highest BCUT2D eigenvalue weighted by atomic mass is 16.2. The van der Waals surface area contributed by atoms with E-state index < -0.39 is 0 Å². The minimum Gasteiger partial charge on any atom is -0.310 e. The lowest BCUT2D eigenvalue weighted by Gasteiger charge is -2.19. The summed E-state index contributed by atoms with van der Waals surface area (Å²) in [6.07, 6.45) is 1.15. The molecule has 6 nitrogen and oxygen atoms in total. The molecule has 0 fully saturated rings. The molecule has 0 amide bonds. The van der Waals surface area contributed by atoms with E-state index in [9.17, 15) is 9.59 Å². The van der Waals surface area contributed by atoms with Gasteiger partial charge in [0.2, 0.25) is 0 Å². The van der Waals surface area contributed by atoms with Crippen LogP contribution < -0.4 is 16.6 Å². The van der Waals surface area contributed by atoms with Gasteiger partial charge >= 0.3 is 5.69 Å². The summed E-state index contributed by atoms with van der Waals surface area (Å²) >= 11 is 0. The van der Waals surface area contributed by atoms with Crippen molar-refractivity contribution < 1.29 is 0 Å². The van der Waals surface area contributed by atoms with Gasteiger partial charge in [0.1, 0.15) is 0 Å². The maximum Gasteiger partial charge on any atom is 0.330 e. The second-order valence-electron chi connectivity index (χ2n) is 4.99. The van der Waals surface area contributed by atoms with Gasteiger partial charge in [-0.3, -0.25) is 13.9 Å². The molecule has 0 saturated heterocycles. The average Bonchev–Trinajstić information content (AvgIpc) is 2.45. The molecule has 0 aliphatic rings. The first-order valence-corrected chi connectivity index (χ1v) is 7.20. The molecule has 0 aliphatic carbocycles. The van der Waals surface area contributed by atoms with E-state index >= 15 is 0 Å². The van der Waals surface area contributed by atoms with Gasteiger partial charge in [-0.2, -0.15) is 0 Å². The van der Waals surface area contributed by atoms with Gasteiger partial charge in [-0.25, -0.2) is 4.79 Å². The largest absolute Gasteiger partial charge is 0.330 e. The summed E-state index contributed by atoms with van der Waals surface area (Å²) in [6.45, 7) is 8.82. The van der Waals surface area contributed by atoms with E-state index in [0.29, 0.717) is 6.54 Å². The lowest BCUT2D eigenvalue weighted by atomic mass is 10.3. The van der Waals surface area contributed by atoms with Gasteiger partial charge in [0.05, 0.1) is 0 Å². The van der Waals surface area contributed by atoms with Crippen LogP contribution in [0.5, 0.6) is 0 Å². The number of nitrogens with one attached hydrogen (secondary N) is 1. The lowest BCUT2D eigenvalue weighted by Crippen LogP contribution is -2.39. The summed E-state index contributed by atoms with van der Waals surface area (Å²) in [5.74, 6) is 0. The highest BCUT2D eigenvalue weighted by Crippen LogP contribution is 1.92. The minimum atomic E-state index is -0.282. The van der Waals surface area contributed by atoms with Crippen molar-refractivity contribution in [2.24, 2.45) is 14.1 Å². The molecular weight excluding hydrogens is 256 g/mol. The Morgan fingerprint density at radius 2 is 1.85 bits per heavy atom. The summed E-state index contributed by atoms with van der Waals surface area (Å²) in [4.78, 5) is 25.7. The molecule has 1 rings (SSSR count). The molecule has 0 spiro atoms. The SMILES string of the molecule is CCCN(CC)CCNCc1cc(=O)n(C)c(=O)n1C. The smallest absolute Gasteiger partial charge is 0.310 e. The standard InChI is InChI=1S/C14H26N4O2/c1-5-8-18(6-2)9-7-15-11-12-10-13(19)17(4)14(20)16(12)3/h10,15H,5-9,11H2,1-4H3. The Morgan fingerprint density at radius 3 is 2.45 bits per heavy atom. The second-order valence-corrected chi connectivity index (χ2v) is 4.99. The van der Waals surface area contributed by atoms with Gasteiger partial charge < -0.3 is 10.2 Å². The van der Waals surface area contributed by atoms with Crippen LogP contribution in [-0.2, 0) is 20.6 Å². The van der Waals surface area contributed by atoms with Crippen LogP contribution in [0.3, 0.4) is 0 Å². The maximum absolute atomic E-state index is 11.8. The number of aromatic nitrogens is 2. The fraction of sp³-hybridized carbons (Fsp3) is 0.714. The Hall–Kier alpha value is -1.40. The van der Waals surface area contributed by atoms with E-state index in [2.05, 4.69) is 24.1 Å². The Labute approximate surface area is 120 Å². The summed E-state index contributed by atoms with van der Waals surface area (Å²) in [7, 11) is 3.18. The number of likely N-dealkylation sites (N-methyl/N-ethyl adjacent to an activating group) is 1. The monoisotopic (exact) mass is 282 g/mol. The number of nitrogens with zero attached hydrogens (tertiary/aromatic N) is 3. The maximum atomic E-state index is 11.8. The molecule has 1 aromatic heterocycles. The molecule has 0 aliphatic heterocycles. The van der Waals surface area contributed by atoms with Crippen LogP contribution >= 0.6 is 0 Å². The molecule has 0 unspecified atom stereocenters. The van der Waals surface area contributed by atoms with Crippen LogP contribution in [0, 0.1) is 0 Å². The van der Waals surface area contributed by atoms with Crippen LogP contribution in [0.25, 0.3) is 0 Å². The molecule has 1 N–H and O–H groups in total. The normalized spacial score (nSPS) is 11.2. The number of rotatable bonds is 8. The van der Waals surface area contributed by atoms with Crippen molar-refractivity contribution >= 4 is 0 Å². The summed E-state index contributed by atoms with van der Waals surface area (Å²) in [5.41, 5.74) is 0.179. The third-order valence-electron chi connectivity index (χ3n) is 3.52. The van der Waals surface area contributed by atoms with E-state index in [1.165, 1.54) is 17.7 Å². The number of hydrogen-bond acceptors (Lipinski definition) is 4. The van der Waals surface area contributed by atoms with Crippen molar-refractivity contribution in [2.75, 3.05) is 26.2 Å². The first kappa shape index (κ1) is 16.7. The van der Waals surface area contributed by atoms with Crippen molar-refractivity contribution in [3.8, 4) is 0 Å². The van der Waals surface area contributed by atoms with E-state index in [-0.39, 0.29) is 11.2 Å². The van der Waals surface area contributed by atoms with E-state index in [1.807, 2.05) is 0 Å². The lowest BCUT2D eigenvalue weighted by molar-refractivity contribution is 0.287. The molecular formula is C14H26N4O2. The molecule has 114 valence electrons. The predicted octanol–water partition coefficient (Wildman–Crippen LogP) is -0.0945. The molecule has 20 heavy (non-hydrogen) atoms. The number of hydrogen-bond donors (Lipinski definition) is 1. The van der Waals surface area contributed by atoms with E-state index in [4.69, 9.17) is 0 Å². The Bertz CT molecular complexity index is 533. The first-order chi connectivity index (χ1) is 9.51. The zero-order valence-electron chi connectivity index (χ0n) is 13.0. The Balaban J connectivity index is 2.55. The zero-order valence-corrected chi connectivity index (χ0v) is 13.0. The summed E-state index contributed by atoms with van der Waals surface area (Å²) < 4.78 is 2.63. The molecule has 6 heteroatoms. The van der Waals surface area contributed by atoms with Crippen LogP contribution in [-0.4, -0.2) is 40.2 Å². The van der Waals surface area contributed by atoms with Gasteiger partial charge in [-0.15, -0.1) is 0 Å². The Morgan fingerprint density at radius 1 is 1.15 bits per heavy atom. The fourth-order valence-corrected chi connectivity index (χ4v) is 2.15. The highest BCUT2D eigenvalue weighted by molar-refractivity contribution is 5.01. The van der Waals surface area contributed by atoms with Gasteiger partial charge in [0, 0.05) is 45.5 Å².